The van der Waals surface area contributed by atoms with Gasteiger partial charge in [-0.1, -0.05) is 17.7 Å². The van der Waals surface area contributed by atoms with Gasteiger partial charge in [0.1, 0.15) is 24.5 Å². The third kappa shape index (κ3) is 5.37. The first kappa shape index (κ1) is 18.6. The molecule has 0 saturated carbocycles. The number of aromatic nitrogens is 1. The van der Waals surface area contributed by atoms with E-state index in [2.05, 4.69) is 5.32 Å². The Kier molecular flexibility index (Phi) is 5.84. The molecule has 1 aromatic heterocycles. The Morgan fingerprint density at radius 2 is 1.88 bits per heavy atom. The van der Waals surface area contributed by atoms with Crippen LogP contribution in [0, 0.1) is 6.92 Å². The molecule has 0 aliphatic rings. The molecule has 1 heterocycles. The maximum Gasteiger partial charge on any atom is 0.421 e. The Morgan fingerprint density at radius 1 is 1.20 bits per heavy atom. The highest BCUT2D eigenvalue weighted by atomic mass is 19.4. The molecule has 25 heavy (non-hydrogen) atoms. The van der Waals surface area contributed by atoms with Crippen LogP contribution in [-0.2, 0) is 17.5 Å². The summed E-state index contributed by atoms with van der Waals surface area (Å²) in [6, 6.07) is 9.12. The highest BCUT2D eigenvalue weighted by molar-refractivity contribution is 5.75. The van der Waals surface area contributed by atoms with Gasteiger partial charge in [0.05, 0.1) is 6.54 Å². The van der Waals surface area contributed by atoms with E-state index in [-0.39, 0.29) is 13.2 Å². The second-order valence-corrected chi connectivity index (χ2v) is 5.36. The maximum atomic E-state index is 12.7. The van der Waals surface area contributed by atoms with Gasteiger partial charge in [0.15, 0.2) is 0 Å². The van der Waals surface area contributed by atoms with Gasteiger partial charge in [-0.15, -0.1) is 0 Å². The fraction of sp³-hybridized carbons (Fsp3) is 0.294. The van der Waals surface area contributed by atoms with Gasteiger partial charge in [-0.2, -0.15) is 13.2 Å². The summed E-state index contributed by atoms with van der Waals surface area (Å²) >= 11 is 0. The molecule has 5 nitrogen and oxygen atoms in total. The molecule has 0 atom stereocenters. The first-order chi connectivity index (χ1) is 11.8. The highest BCUT2D eigenvalue weighted by Crippen LogP contribution is 2.25. The van der Waals surface area contributed by atoms with E-state index in [1.54, 1.807) is 12.1 Å². The minimum Gasteiger partial charge on any atom is -0.492 e. The Balaban J connectivity index is 1.84. The monoisotopic (exact) mass is 354 g/mol. The lowest BCUT2D eigenvalue weighted by atomic mass is 10.2. The van der Waals surface area contributed by atoms with Crippen molar-refractivity contribution in [2.24, 2.45) is 0 Å². The number of aryl methyl sites for hydroxylation is 1. The molecule has 0 radical (unpaired) electrons. The minimum absolute atomic E-state index is 0.167. The van der Waals surface area contributed by atoms with Crippen molar-refractivity contribution in [2.45, 2.75) is 19.6 Å². The number of benzene rings is 1. The average molecular weight is 354 g/mol. The smallest absolute Gasteiger partial charge is 0.421 e. The molecule has 1 aromatic carbocycles. The van der Waals surface area contributed by atoms with E-state index in [1.807, 2.05) is 19.1 Å². The van der Waals surface area contributed by atoms with Crippen molar-refractivity contribution in [1.29, 1.82) is 0 Å². The fourth-order valence-corrected chi connectivity index (χ4v) is 2.08. The van der Waals surface area contributed by atoms with Crippen molar-refractivity contribution in [3.63, 3.8) is 0 Å². The minimum atomic E-state index is -4.75. The molecule has 2 rings (SSSR count). The van der Waals surface area contributed by atoms with Crippen LogP contribution in [0.3, 0.4) is 0 Å². The zero-order valence-corrected chi connectivity index (χ0v) is 13.5. The fourth-order valence-electron chi connectivity index (χ4n) is 2.08. The molecule has 0 fully saturated rings. The SMILES string of the molecule is Cc1ccc(OCCNC(=O)Cn2cccc(C(F)(F)F)c2=O)cc1. The molecule has 1 amide bonds. The van der Waals surface area contributed by atoms with Gasteiger partial charge in [-0.3, -0.25) is 9.59 Å². The third-order valence-corrected chi connectivity index (χ3v) is 3.35. The van der Waals surface area contributed by atoms with Crippen LogP contribution in [0.15, 0.2) is 47.4 Å². The molecule has 2 aromatic rings. The predicted molar refractivity (Wildman–Crippen MR) is 85.4 cm³/mol. The van der Waals surface area contributed by atoms with Gasteiger partial charge >= 0.3 is 6.18 Å². The van der Waals surface area contributed by atoms with Crippen LogP contribution in [0.25, 0.3) is 0 Å². The molecule has 0 spiro atoms. The molecule has 8 heteroatoms. The molecular weight excluding hydrogens is 337 g/mol. The van der Waals surface area contributed by atoms with Gasteiger partial charge in [0.2, 0.25) is 5.91 Å². The van der Waals surface area contributed by atoms with Crippen molar-refractivity contribution < 1.29 is 22.7 Å². The van der Waals surface area contributed by atoms with E-state index < -0.39 is 29.8 Å². The molecular formula is C17H17F3N2O3. The van der Waals surface area contributed by atoms with E-state index in [0.717, 1.165) is 22.4 Å². The molecule has 1 N–H and O–H groups in total. The van der Waals surface area contributed by atoms with E-state index in [9.17, 15) is 22.8 Å². The number of alkyl halides is 3. The van der Waals surface area contributed by atoms with E-state index in [0.29, 0.717) is 11.8 Å². The zero-order valence-electron chi connectivity index (χ0n) is 13.5. The Hall–Kier alpha value is -2.77. The van der Waals surface area contributed by atoms with Gasteiger partial charge in [0, 0.05) is 6.20 Å². The number of nitrogens with one attached hydrogen (secondary N) is 1. The number of rotatable bonds is 6. The molecule has 134 valence electrons. The maximum absolute atomic E-state index is 12.7. The van der Waals surface area contributed by atoms with Crippen molar-refractivity contribution in [3.05, 3.63) is 64.1 Å². The van der Waals surface area contributed by atoms with E-state index in [1.165, 1.54) is 0 Å². The summed E-state index contributed by atoms with van der Waals surface area (Å²) in [5.41, 5.74) is -1.46. The van der Waals surface area contributed by atoms with Gasteiger partial charge < -0.3 is 14.6 Å². The number of hydrogen-bond donors (Lipinski definition) is 1. The number of amides is 1. The average Bonchev–Trinajstić information content (AvgIpc) is 2.54. The normalized spacial score (nSPS) is 11.2. The van der Waals surface area contributed by atoms with Gasteiger partial charge in [-0.25, -0.2) is 0 Å². The molecule has 0 unspecified atom stereocenters. The van der Waals surface area contributed by atoms with Crippen LogP contribution in [0.5, 0.6) is 5.75 Å². The number of nitrogens with zero attached hydrogens (tertiary/aromatic N) is 1. The lowest BCUT2D eigenvalue weighted by Crippen LogP contribution is -2.36. The van der Waals surface area contributed by atoms with Crippen LogP contribution in [-0.4, -0.2) is 23.6 Å². The van der Waals surface area contributed by atoms with E-state index >= 15 is 0 Å². The number of carbonyl (C=O) groups is 1. The van der Waals surface area contributed by atoms with Crippen molar-refractivity contribution >= 4 is 5.91 Å². The number of halogens is 3. The van der Waals surface area contributed by atoms with Crippen LogP contribution in [0.1, 0.15) is 11.1 Å². The third-order valence-electron chi connectivity index (χ3n) is 3.35. The van der Waals surface area contributed by atoms with Crippen molar-refractivity contribution in [1.82, 2.24) is 9.88 Å². The molecule has 0 saturated heterocycles. The first-order valence-corrected chi connectivity index (χ1v) is 7.50. The van der Waals surface area contributed by atoms with Crippen LogP contribution in [0.4, 0.5) is 13.2 Å². The lowest BCUT2D eigenvalue weighted by Gasteiger charge is -2.11. The Labute approximate surface area is 142 Å². The topological polar surface area (TPSA) is 60.3 Å². The summed E-state index contributed by atoms with van der Waals surface area (Å²) in [5, 5.41) is 2.49. The number of ether oxygens (including phenoxy) is 1. The summed E-state index contributed by atoms with van der Waals surface area (Å²) in [7, 11) is 0. The summed E-state index contributed by atoms with van der Waals surface area (Å²) in [6.07, 6.45) is -3.61. The van der Waals surface area contributed by atoms with Crippen LogP contribution in [0.2, 0.25) is 0 Å². The summed E-state index contributed by atoms with van der Waals surface area (Å²) in [4.78, 5) is 23.5. The summed E-state index contributed by atoms with van der Waals surface area (Å²) < 4.78 is 44.1. The molecule has 0 aliphatic carbocycles. The summed E-state index contributed by atoms with van der Waals surface area (Å²) in [5.74, 6) is 0.0721. The number of carbonyl (C=O) groups excluding carboxylic acids is 1. The number of hydrogen-bond acceptors (Lipinski definition) is 3. The predicted octanol–water partition coefficient (Wildman–Crippen LogP) is 2.37. The van der Waals surface area contributed by atoms with Crippen molar-refractivity contribution in [3.8, 4) is 5.75 Å². The Bertz CT molecular complexity index is 783. The van der Waals surface area contributed by atoms with Gasteiger partial charge in [-0.05, 0) is 31.2 Å². The first-order valence-electron chi connectivity index (χ1n) is 7.50. The quantitative estimate of drug-likeness (QED) is 0.811. The standard InChI is InChI=1S/C17H17F3N2O3/c1-12-4-6-13(7-5-12)25-10-8-21-15(23)11-22-9-2-3-14(16(22)24)17(18,19)20/h2-7,9H,8,10-11H2,1H3,(H,21,23). The molecule has 0 bridgehead atoms. The largest absolute Gasteiger partial charge is 0.492 e. The second-order valence-electron chi connectivity index (χ2n) is 5.36. The number of pyridine rings is 1. The van der Waals surface area contributed by atoms with Crippen molar-refractivity contribution in [2.75, 3.05) is 13.2 Å². The highest BCUT2D eigenvalue weighted by Gasteiger charge is 2.34. The molecule has 0 aliphatic heterocycles. The second kappa shape index (κ2) is 7.87. The van der Waals surface area contributed by atoms with Gasteiger partial charge in [0.25, 0.3) is 5.56 Å². The Morgan fingerprint density at radius 3 is 2.52 bits per heavy atom. The summed E-state index contributed by atoms with van der Waals surface area (Å²) in [6.45, 7) is 1.82. The lowest BCUT2D eigenvalue weighted by molar-refractivity contribution is -0.139. The zero-order chi connectivity index (χ0) is 18.4. The van der Waals surface area contributed by atoms with Crippen LogP contribution >= 0.6 is 0 Å². The van der Waals surface area contributed by atoms with Crippen LogP contribution < -0.4 is 15.6 Å². The van der Waals surface area contributed by atoms with E-state index in [4.69, 9.17) is 4.74 Å².